The second kappa shape index (κ2) is 14.6. The molecule has 56 heavy (non-hydrogen) atoms. The average Bonchev–Trinajstić information content (AvgIpc) is 3.63. The van der Waals surface area contributed by atoms with Crippen molar-refractivity contribution in [3.8, 4) is 11.8 Å². The summed E-state index contributed by atoms with van der Waals surface area (Å²) >= 11 is 5.55. The zero-order valence-corrected chi connectivity index (χ0v) is 30.7. The minimum absolute atomic E-state index is 0.0428. The van der Waals surface area contributed by atoms with E-state index in [1.807, 2.05) is 4.90 Å². The number of aromatic nitrogens is 1. The molecule has 13 nitrogen and oxygen atoms in total. The van der Waals surface area contributed by atoms with Crippen LogP contribution in [0.1, 0.15) is 62.3 Å². The summed E-state index contributed by atoms with van der Waals surface area (Å²) in [7, 11) is 0. The van der Waals surface area contributed by atoms with E-state index >= 15 is 4.39 Å². The van der Waals surface area contributed by atoms with Gasteiger partial charge in [0, 0.05) is 42.3 Å². The third-order valence-electron chi connectivity index (χ3n) is 10.1. The largest absolute Gasteiger partial charge is 0.487 e. The predicted octanol–water partition coefficient (Wildman–Crippen LogP) is 5.78. The van der Waals surface area contributed by atoms with Gasteiger partial charge in [0.25, 0.3) is 5.91 Å². The number of nitrogens with zero attached hydrogens (tertiary/aromatic N) is 5. The fraction of sp³-hybridized carbons (Fsp3) is 0.342. The Labute approximate surface area is 322 Å². The van der Waals surface area contributed by atoms with Crippen molar-refractivity contribution in [2.75, 3.05) is 34.8 Å². The van der Waals surface area contributed by atoms with E-state index in [-0.39, 0.29) is 53.1 Å². The molecule has 1 aromatic heterocycles. The number of anilines is 3. The van der Waals surface area contributed by atoms with Gasteiger partial charge in [-0.25, -0.2) is 4.39 Å². The number of imide groups is 1. The molecule has 0 bridgehead atoms. The van der Waals surface area contributed by atoms with Crippen molar-refractivity contribution in [1.82, 2.24) is 15.4 Å². The molecule has 3 aromatic carbocycles. The minimum atomic E-state index is -4.85. The van der Waals surface area contributed by atoms with Gasteiger partial charge in [-0.2, -0.15) is 18.4 Å². The summed E-state index contributed by atoms with van der Waals surface area (Å²) in [6.45, 7) is 4.09. The summed E-state index contributed by atoms with van der Waals surface area (Å²) in [5.41, 5.74) is -1.91. The molecule has 4 aromatic rings. The molecule has 0 saturated carbocycles. The summed E-state index contributed by atoms with van der Waals surface area (Å²) in [5.74, 6) is -3.14. The number of halogens is 4. The Morgan fingerprint density at radius 2 is 1.80 bits per heavy atom. The number of thiocarbonyl (C=S) groups is 1. The second-order valence-corrected chi connectivity index (χ2v) is 14.6. The van der Waals surface area contributed by atoms with Crippen molar-refractivity contribution >= 4 is 69.0 Å². The fourth-order valence-corrected chi connectivity index (χ4v) is 7.72. The van der Waals surface area contributed by atoms with Crippen LogP contribution in [-0.4, -0.2) is 70.1 Å². The van der Waals surface area contributed by atoms with E-state index in [4.69, 9.17) is 21.5 Å². The number of hydrogen-bond donors (Lipinski definition) is 2. The van der Waals surface area contributed by atoms with E-state index in [9.17, 15) is 37.6 Å². The van der Waals surface area contributed by atoms with Crippen molar-refractivity contribution in [2.45, 2.75) is 63.3 Å². The van der Waals surface area contributed by atoms with Crippen LogP contribution in [0.25, 0.3) is 11.0 Å². The smallest absolute Gasteiger partial charge is 0.417 e. The minimum Gasteiger partial charge on any atom is -0.487 e. The number of fused-ring (bicyclic) bond motifs is 1. The number of nitrogens with one attached hydrogen (secondary N) is 2. The highest BCUT2D eigenvalue weighted by atomic mass is 32.1. The van der Waals surface area contributed by atoms with Crippen molar-refractivity contribution in [1.29, 1.82) is 5.26 Å². The predicted molar refractivity (Wildman–Crippen MR) is 197 cm³/mol. The number of carbonyl (C=O) groups excluding carboxylic acids is 4. The maximum absolute atomic E-state index is 15.6. The lowest BCUT2D eigenvalue weighted by Gasteiger charge is -2.32. The first-order chi connectivity index (χ1) is 26.5. The van der Waals surface area contributed by atoms with Gasteiger partial charge in [0.05, 0.1) is 35.3 Å². The number of alkyl halides is 3. The standard InChI is InChI=1S/C38H33F4N7O6S/c1-37(2)35(53)48(22-5-3-20(18-43)27(16-22)38(40,41)42)36(56)49(37)23-6-9-30(28(39)17-23)54-24-11-13-47(14-12-24)19-32(51)44-21-4-8-29-26(15-21)33(46-55-29)25-7-10-31(50)45-34(25)52/h3-6,8-9,15-17,24-25H,7,10-14,19H2,1-2H3,(H,44,51)(H,45,50,52). The Kier molecular flexibility index (Phi) is 10.0. The first kappa shape index (κ1) is 38.3. The number of likely N-dealkylation sites (tertiary alicyclic amines) is 1. The van der Waals surface area contributed by atoms with Crippen LogP contribution in [0.2, 0.25) is 0 Å². The van der Waals surface area contributed by atoms with Gasteiger partial charge in [-0.15, -0.1) is 0 Å². The molecule has 0 radical (unpaired) electrons. The van der Waals surface area contributed by atoms with Crippen LogP contribution in [0.15, 0.2) is 59.1 Å². The van der Waals surface area contributed by atoms with E-state index in [2.05, 4.69) is 15.8 Å². The summed E-state index contributed by atoms with van der Waals surface area (Å²) < 4.78 is 68.0. The van der Waals surface area contributed by atoms with Crippen LogP contribution in [0, 0.1) is 17.1 Å². The molecule has 3 aliphatic rings. The van der Waals surface area contributed by atoms with Gasteiger partial charge in [0.1, 0.15) is 17.3 Å². The molecule has 18 heteroatoms. The highest BCUT2D eigenvalue weighted by Gasteiger charge is 2.51. The number of nitriles is 1. The first-order valence-electron chi connectivity index (χ1n) is 17.6. The van der Waals surface area contributed by atoms with Gasteiger partial charge in [-0.1, -0.05) is 5.16 Å². The topological polar surface area (TPSA) is 161 Å². The number of rotatable bonds is 8. The summed E-state index contributed by atoms with van der Waals surface area (Å²) in [4.78, 5) is 54.8. The van der Waals surface area contributed by atoms with Crippen LogP contribution >= 0.6 is 12.2 Å². The molecule has 290 valence electrons. The maximum atomic E-state index is 15.6. The number of piperidine rings is 2. The Hall–Kier alpha value is -5.93. The van der Waals surface area contributed by atoms with E-state index in [1.54, 1.807) is 18.2 Å². The fourth-order valence-electron chi connectivity index (χ4n) is 7.19. The molecule has 2 N–H and O–H groups in total. The van der Waals surface area contributed by atoms with Crippen LogP contribution in [0.3, 0.4) is 0 Å². The van der Waals surface area contributed by atoms with Crippen LogP contribution in [0.5, 0.6) is 5.75 Å². The molecule has 0 aliphatic carbocycles. The first-order valence-corrected chi connectivity index (χ1v) is 18.0. The monoisotopic (exact) mass is 791 g/mol. The number of carbonyl (C=O) groups is 4. The van der Waals surface area contributed by atoms with Gasteiger partial charge in [-0.05, 0) is 93.9 Å². The SMILES string of the molecule is CC1(C)C(=O)N(c2ccc(C#N)c(C(F)(F)F)c2)C(=S)N1c1ccc(OC2CCN(CC(=O)Nc3ccc4onc(C5CCC(=O)NC5=O)c4c3)CC2)c(F)c1. The molecule has 3 aliphatic heterocycles. The van der Waals surface area contributed by atoms with Crippen molar-refractivity contribution < 1.29 is 46.0 Å². The third kappa shape index (κ3) is 7.27. The highest BCUT2D eigenvalue weighted by molar-refractivity contribution is 7.81. The third-order valence-corrected chi connectivity index (χ3v) is 10.4. The van der Waals surface area contributed by atoms with Gasteiger partial charge in [0.15, 0.2) is 22.3 Å². The molecule has 7 rings (SSSR count). The molecule has 3 fully saturated rings. The Balaban J connectivity index is 0.956. The van der Waals surface area contributed by atoms with Crippen molar-refractivity contribution in [3.05, 3.63) is 77.2 Å². The molecule has 4 amide bonds. The lowest BCUT2D eigenvalue weighted by Crippen LogP contribution is -2.44. The van der Waals surface area contributed by atoms with E-state index in [0.717, 1.165) is 17.0 Å². The zero-order valence-electron chi connectivity index (χ0n) is 29.9. The van der Waals surface area contributed by atoms with E-state index in [0.29, 0.717) is 60.8 Å². The van der Waals surface area contributed by atoms with Gasteiger partial charge >= 0.3 is 6.18 Å². The molecular formula is C38H33F4N7O6S. The van der Waals surface area contributed by atoms with Crippen LogP contribution < -0.4 is 25.2 Å². The molecule has 1 unspecified atom stereocenters. The highest BCUT2D eigenvalue weighted by Crippen LogP contribution is 2.41. The molecule has 0 spiro atoms. The normalized spacial score (nSPS) is 19.3. The lowest BCUT2D eigenvalue weighted by atomic mass is 9.93. The summed E-state index contributed by atoms with van der Waals surface area (Å²) in [6, 6.07) is 13.4. The summed E-state index contributed by atoms with van der Waals surface area (Å²) in [6.07, 6.45) is -3.74. The summed E-state index contributed by atoms with van der Waals surface area (Å²) in [5, 5.41) is 18.8. The number of ether oxygens (including phenoxy) is 1. The van der Waals surface area contributed by atoms with Crippen molar-refractivity contribution in [2.24, 2.45) is 0 Å². The van der Waals surface area contributed by atoms with Gasteiger partial charge in [-0.3, -0.25) is 34.3 Å². The van der Waals surface area contributed by atoms with Gasteiger partial charge < -0.3 is 19.5 Å². The van der Waals surface area contributed by atoms with Crippen molar-refractivity contribution in [3.63, 3.8) is 0 Å². The number of amides is 4. The second-order valence-electron chi connectivity index (χ2n) is 14.2. The van der Waals surface area contributed by atoms with Gasteiger partial charge in [0.2, 0.25) is 17.7 Å². The van der Waals surface area contributed by atoms with E-state index in [1.165, 1.54) is 43.0 Å². The lowest BCUT2D eigenvalue weighted by molar-refractivity contribution is -0.138. The molecule has 1 atom stereocenters. The number of benzene rings is 3. The van der Waals surface area contributed by atoms with Crippen LogP contribution in [0.4, 0.5) is 34.6 Å². The molecule has 4 heterocycles. The average molecular weight is 792 g/mol. The Morgan fingerprint density at radius 1 is 1.07 bits per heavy atom. The molecular weight excluding hydrogens is 759 g/mol. The maximum Gasteiger partial charge on any atom is 0.417 e. The Morgan fingerprint density at radius 3 is 2.48 bits per heavy atom. The quantitative estimate of drug-likeness (QED) is 0.127. The Bertz CT molecular complexity index is 2330. The molecule has 3 saturated heterocycles. The van der Waals surface area contributed by atoms with E-state index < -0.39 is 46.4 Å². The number of hydrogen-bond acceptors (Lipinski definition) is 10. The zero-order chi connectivity index (χ0) is 40.1. The van der Waals surface area contributed by atoms with Crippen LogP contribution in [-0.2, 0) is 25.4 Å².